The number of nitrogens with one attached hydrogen (secondary N) is 1. The van der Waals surface area contributed by atoms with E-state index in [9.17, 15) is 9.59 Å². The van der Waals surface area contributed by atoms with Gasteiger partial charge in [-0.15, -0.1) is 0 Å². The van der Waals surface area contributed by atoms with E-state index < -0.39 is 11.7 Å². The van der Waals surface area contributed by atoms with E-state index in [0.717, 1.165) is 5.56 Å². The van der Waals surface area contributed by atoms with Crippen LogP contribution in [-0.2, 0) is 20.8 Å². The Morgan fingerprint density at radius 1 is 1.09 bits per heavy atom. The zero-order valence-electron chi connectivity index (χ0n) is 13.5. The summed E-state index contributed by atoms with van der Waals surface area (Å²) < 4.78 is 15.3. The van der Waals surface area contributed by atoms with E-state index in [2.05, 4.69) is 5.32 Å². The number of hydrogen-bond acceptors (Lipinski definition) is 5. The lowest BCUT2D eigenvalue weighted by Crippen LogP contribution is -2.32. The minimum absolute atomic E-state index is 0.220. The number of rotatable bonds is 6. The van der Waals surface area contributed by atoms with Crippen LogP contribution >= 0.6 is 0 Å². The van der Waals surface area contributed by atoms with Crippen molar-refractivity contribution in [3.63, 3.8) is 0 Å². The van der Waals surface area contributed by atoms with Crippen molar-refractivity contribution in [3.8, 4) is 5.75 Å². The molecule has 1 N–H and O–H groups in total. The first-order valence-corrected chi connectivity index (χ1v) is 7.08. The second-order valence-electron chi connectivity index (χ2n) is 5.69. The van der Waals surface area contributed by atoms with Gasteiger partial charge >= 0.3 is 12.1 Å². The highest BCUT2D eigenvalue weighted by Crippen LogP contribution is 2.12. The third kappa shape index (κ3) is 8.14. The van der Waals surface area contributed by atoms with Crippen LogP contribution in [0.25, 0.3) is 0 Å². The number of amides is 1. The molecule has 0 fully saturated rings. The fourth-order valence-electron chi connectivity index (χ4n) is 1.54. The van der Waals surface area contributed by atoms with Gasteiger partial charge in [0.25, 0.3) is 0 Å². The Morgan fingerprint density at radius 3 is 2.27 bits per heavy atom. The molecule has 0 aromatic heterocycles. The van der Waals surface area contributed by atoms with E-state index >= 15 is 0 Å². The number of carbonyl (C=O) groups is 2. The minimum Gasteiger partial charge on any atom is -0.490 e. The highest BCUT2D eigenvalue weighted by molar-refractivity contribution is 5.67. The molecule has 0 saturated carbocycles. The van der Waals surface area contributed by atoms with Gasteiger partial charge in [-0.25, -0.2) is 4.79 Å². The Morgan fingerprint density at radius 2 is 1.73 bits per heavy atom. The number of ether oxygens (including phenoxy) is 3. The molecule has 1 aromatic rings. The van der Waals surface area contributed by atoms with E-state index in [-0.39, 0.29) is 12.6 Å². The Hall–Kier alpha value is -2.24. The lowest BCUT2D eigenvalue weighted by atomic mass is 10.2. The number of carbonyl (C=O) groups excluding carboxylic acids is 2. The average Bonchev–Trinajstić information content (AvgIpc) is 2.40. The largest absolute Gasteiger partial charge is 0.490 e. The van der Waals surface area contributed by atoms with Gasteiger partial charge in [-0.1, -0.05) is 12.1 Å². The van der Waals surface area contributed by atoms with Crippen molar-refractivity contribution in [1.29, 1.82) is 0 Å². The summed E-state index contributed by atoms with van der Waals surface area (Å²) in [6.07, 6.45) is -0.450. The molecule has 6 nitrogen and oxygen atoms in total. The molecule has 1 amide bonds. The van der Waals surface area contributed by atoms with E-state index in [4.69, 9.17) is 14.2 Å². The van der Waals surface area contributed by atoms with E-state index in [0.29, 0.717) is 18.9 Å². The molecule has 0 spiro atoms. The molecule has 0 bridgehead atoms. The molecule has 122 valence electrons. The van der Waals surface area contributed by atoms with Gasteiger partial charge in [-0.2, -0.15) is 0 Å². The predicted octanol–water partition coefficient (Wildman–Crippen LogP) is 2.65. The quantitative estimate of drug-likeness (QED) is 0.646. The number of esters is 1. The fourth-order valence-corrected chi connectivity index (χ4v) is 1.54. The van der Waals surface area contributed by atoms with Crippen LogP contribution in [0, 0.1) is 0 Å². The smallest absolute Gasteiger partial charge is 0.407 e. The van der Waals surface area contributed by atoms with Crippen LogP contribution < -0.4 is 10.1 Å². The van der Waals surface area contributed by atoms with Crippen LogP contribution in [0.4, 0.5) is 4.79 Å². The molecule has 1 rings (SSSR count). The maximum Gasteiger partial charge on any atom is 0.407 e. The molecule has 0 saturated heterocycles. The maximum absolute atomic E-state index is 11.5. The third-order valence-electron chi connectivity index (χ3n) is 2.42. The van der Waals surface area contributed by atoms with Crippen LogP contribution in [0.2, 0.25) is 0 Å². The summed E-state index contributed by atoms with van der Waals surface area (Å²) in [6, 6.07) is 7.27. The molecular weight excluding hydrogens is 286 g/mol. The second kappa shape index (κ2) is 8.26. The number of hydrogen-bond donors (Lipinski definition) is 1. The van der Waals surface area contributed by atoms with Crippen LogP contribution in [-0.4, -0.2) is 30.9 Å². The zero-order valence-corrected chi connectivity index (χ0v) is 13.5. The summed E-state index contributed by atoms with van der Waals surface area (Å²) in [4.78, 5) is 22.1. The molecule has 1 aromatic carbocycles. The first-order chi connectivity index (χ1) is 10.3. The van der Waals surface area contributed by atoms with Crippen molar-refractivity contribution >= 4 is 12.1 Å². The molecule has 0 unspecified atom stereocenters. The molecule has 0 aliphatic rings. The van der Waals surface area contributed by atoms with Gasteiger partial charge in [0.1, 0.15) is 24.6 Å². The van der Waals surface area contributed by atoms with Crippen molar-refractivity contribution in [1.82, 2.24) is 5.32 Å². The second-order valence-corrected chi connectivity index (χ2v) is 5.69. The monoisotopic (exact) mass is 309 g/mol. The Kier molecular flexibility index (Phi) is 6.69. The normalized spacial score (nSPS) is 10.7. The van der Waals surface area contributed by atoms with Gasteiger partial charge in [0.15, 0.2) is 0 Å². The van der Waals surface area contributed by atoms with Crippen LogP contribution in [0.15, 0.2) is 24.3 Å². The lowest BCUT2D eigenvalue weighted by Gasteiger charge is -2.19. The molecule has 0 heterocycles. The molecular formula is C16H23NO5. The van der Waals surface area contributed by atoms with Crippen molar-refractivity contribution in [2.24, 2.45) is 0 Å². The van der Waals surface area contributed by atoms with Gasteiger partial charge in [-0.3, -0.25) is 4.79 Å². The zero-order chi connectivity index (χ0) is 16.6. The first kappa shape index (κ1) is 17.8. The van der Waals surface area contributed by atoms with Crippen molar-refractivity contribution in [3.05, 3.63) is 29.8 Å². The first-order valence-electron chi connectivity index (χ1n) is 7.08. The summed E-state index contributed by atoms with van der Waals surface area (Å²) >= 11 is 0. The Balaban J connectivity index is 2.32. The van der Waals surface area contributed by atoms with E-state index in [1.807, 2.05) is 32.9 Å². The highest BCUT2D eigenvalue weighted by atomic mass is 16.6. The number of alkyl carbamates (subject to hydrolysis) is 1. The minimum atomic E-state index is -0.510. The SMILES string of the molecule is CC(=O)OCCOc1ccc(CNC(=O)OC(C)(C)C)cc1. The molecule has 22 heavy (non-hydrogen) atoms. The number of benzene rings is 1. The van der Waals surface area contributed by atoms with Gasteiger partial charge in [0.2, 0.25) is 0 Å². The van der Waals surface area contributed by atoms with Gasteiger partial charge < -0.3 is 19.5 Å². The molecule has 0 atom stereocenters. The predicted molar refractivity (Wildman–Crippen MR) is 81.6 cm³/mol. The van der Waals surface area contributed by atoms with Crippen molar-refractivity contribution in [2.75, 3.05) is 13.2 Å². The molecule has 0 radical (unpaired) electrons. The summed E-state index contributed by atoms with van der Waals surface area (Å²) in [5.41, 5.74) is 0.419. The summed E-state index contributed by atoms with van der Waals surface area (Å²) in [5.74, 6) is 0.348. The Labute approximate surface area is 130 Å². The van der Waals surface area contributed by atoms with Crippen LogP contribution in [0.1, 0.15) is 33.3 Å². The topological polar surface area (TPSA) is 73.9 Å². The summed E-state index contributed by atoms with van der Waals surface area (Å²) in [5, 5.41) is 2.68. The average molecular weight is 309 g/mol. The Bertz CT molecular complexity index is 490. The third-order valence-corrected chi connectivity index (χ3v) is 2.42. The van der Waals surface area contributed by atoms with Gasteiger partial charge in [-0.05, 0) is 38.5 Å². The molecule has 0 aliphatic carbocycles. The van der Waals surface area contributed by atoms with E-state index in [1.165, 1.54) is 6.92 Å². The maximum atomic E-state index is 11.5. The van der Waals surface area contributed by atoms with Crippen molar-refractivity contribution < 1.29 is 23.8 Å². The van der Waals surface area contributed by atoms with Crippen LogP contribution in [0.5, 0.6) is 5.75 Å². The molecule has 6 heteroatoms. The van der Waals surface area contributed by atoms with Gasteiger partial charge in [0, 0.05) is 13.5 Å². The van der Waals surface area contributed by atoms with E-state index in [1.54, 1.807) is 12.1 Å². The van der Waals surface area contributed by atoms with Gasteiger partial charge in [0.05, 0.1) is 0 Å². The van der Waals surface area contributed by atoms with Crippen LogP contribution in [0.3, 0.4) is 0 Å². The summed E-state index contributed by atoms with van der Waals surface area (Å²) in [7, 11) is 0. The lowest BCUT2D eigenvalue weighted by molar-refractivity contribution is -0.141. The summed E-state index contributed by atoms with van der Waals surface area (Å²) in [6.45, 7) is 7.69. The van der Waals surface area contributed by atoms with Crippen molar-refractivity contribution in [2.45, 2.75) is 39.8 Å². The fraction of sp³-hybridized carbons (Fsp3) is 0.500. The standard InChI is InChI=1S/C16H23NO5/c1-12(18)20-9-10-21-14-7-5-13(6-8-14)11-17-15(19)22-16(2,3)4/h5-8H,9-11H2,1-4H3,(H,17,19). The highest BCUT2D eigenvalue weighted by Gasteiger charge is 2.15. The molecule has 0 aliphatic heterocycles.